The molecule has 4 aromatic rings. The minimum absolute atomic E-state index is 0.106. The predicted molar refractivity (Wildman–Crippen MR) is 116 cm³/mol. The van der Waals surface area contributed by atoms with E-state index in [0.717, 1.165) is 0 Å². The quantitative estimate of drug-likeness (QED) is 0.422. The number of sulfonamides is 1. The molecule has 0 saturated heterocycles. The normalized spacial score (nSPS) is 12.0. The Morgan fingerprint density at radius 3 is 2.80 bits per heavy atom. The maximum Gasteiger partial charge on any atom is 0.261 e. The minimum atomic E-state index is -4.24. The zero-order valence-corrected chi connectivity index (χ0v) is 17.7. The Hall–Kier alpha value is -2.94. The van der Waals surface area contributed by atoms with E-state index in [2.05, 4.69) is 19.7 Å². The number of carbonyl (C=O) groups excluding carboxylic acids is 1. The molecule has 0 bridgehead atoms. The summed E-state index contributed by atoms with van der Waals surface area (Å²) in [7, 11) is -4.24. The van der Waals surface area contributed by atoms with Crippen LogP contribution in [0.15, 0.2) is 59.9 Å². The first-order valence-electron chi connectivity index (χ1n) is 9.09. The van der Waals surface area contributed by atoms with Crippen LogP contribution in [0.5, 0.6) is 0 Å². The summed E-state index contributed by atoms with van der Waals surface area (Å²) in [6.45, 7) is 1.63. The van der Waals surface area contributed by atoms with Crippen LogP contribution in [-0.2, 0) is 10.0 Å². The van der Waals surface area contributed by atoms with Gasteiger partial charge in [0, 0.05) is 34.6 Å². The number of nitrogens with one attached hydrogen (secondary N) is 2. The number of hydrogen-bond acceptors (Lipinski definition) is 5. The van der Waals surface area contributed by atoms with Crippen LogP contribution in [0.4, 0.5) is 5.69 Å². The van der Waals surface area contributed by atoms with E-state index in [1.807, 2.05) is 0 Å². The lowest BCUT2D eigenvalue weighted by Gasteiger charge is -2.13. The van der Waals surface area contributed by atoms with Crippen molar-refractivity contribution in [1.82, 2.24) is 15.0 Å². The topological polar surface area (TPSA) is 105 Å². The summed E-state index contributed by atoms with van der Waals surface area (Å²) in [4.78, 5) is 24.1. The van der Waals surface area contributed by atoms with Crippen LogP contribution in [-0.4, -0.2) is 29.2 Å². The fraction of sp³-hybridized carbons (Fsp3) is 0.0500. The number of H-pyrrole nitrogens is 1. The molecule has 1 aromatic carbocycles. The first-order valence-corrected chi connectivity index (χ1v) is 10.8. The second-order valence-electron chi connectivity index (χ2n) is 6.41. The number of halogens is 2. The molecule has 10 heteroatoms. The zero-order valence-electron chi connectivity index (χ0n) is 16.4. The van der Waals surface area contributed by atoms with Crippen LogP contribution in [0, 0.1) is 6.92 Å². The molecule has 3 aromatic heterocycles. The first kappa shape index (κ1) is 19.0. The Morgan fingerprint density at radius 1 is 1.20 bits per heavy atom. The van der Waals surface area contributed by atoms with Crippen LogP contribution in [0.25, 0.3) is 11.0 Å². The number of nitrogens with zero attached hydrogens (tertiary/aromatic N) is 2. The summed E-state index contributed by atoms with van der Waals surface area (Å²) in [5, 5.41) is 0.978. The van der Waals surface area contributed by atoms with E-state index >= 15 is 0 Å². The van der Waals surface area contributed by atoms with Gasteiger partial charge in [-0.1, -0.05) is 23.2 Å². The van der Waals surface area contributed by atoms with Gasteiger partial charge in [0.15, 0.2) is 0 Å². The average Bonchev–Trinajstić information content (AvgIpc) is 3.19. The molecule has 3 heterocycles. The van der Waals surface area contributed by atoms with Gasteiger partial charge < -0.3 is 4.98 Å². The van der Waals surface area contributed by atoms with Crippen LogP contribution in [0.3, 0.4) is 0 Å². The van der Waals surface area contributed by atoms with Crippen LogP contribution in [0.2, 0.25) is 10.0 Å². The van der Waals surface area contributed by atoms with Gasteiger partial charge in [0.05, 0.1) is 17.0 Å². The SMILES string of the molecule is [2H]c1cc(Cl)c(C)cc1S(=O)(=O)Nc1cc(Cl)cnc1C(=O)c1ccnc2[nH]ccc12. The Labute approximate surface area is 183 Å². The standard InChI is InChI=1S/C20H14Cl2N4O3S/c1-11-8-13(2-3-16(11)22)30(28,29)26-17-9-12(21)10-25-18(17)19(27)14-4-6-23-20-15(14)5-7-24-20/h2-10,26H,1H3,(H,23,24)/i2D. The van der Waals surface area contributed by atoms with Crippen molar-refractivity contribution >= 4 is 55.7 Å². The lowest BCUT2D eigenvalue weighted by atomic mass is 10.0. The van der Waals surface area contributed by atoms with Crippen molar-refractivity contribution < 1.29 is 14.6 Å². The molecule has 0 amide bonds. The number of benzene rings is 1. The molecule has 0 saturated carbocycles. The highest BCUT2D eigenvalue weighted by Crippen LogP contribution is 2.27. The smallest absolute Gasteiger partial charge is 0.261 e. The second-order valence-corrected chi connectivity index (χ2v) is 8.91. The maximum absolute atomic E-state index is 13.2. The fourth-order valence-corrected chi connectivity index (χ4v) is 4.26. The van der Waals surface area contributed by atoms with E-state index < -0.39 is 15.8 Å². The Kier molecular flexibility index (Phi) is 4.90. The van der Waals surface area contributed by atoms with E-state index in [1.54, 1.807) is 19.2 Å². The third-order valence-electron chi connectivity index (χ3n) is 4.37. The largest absolute Gasteiger partial charge is 0.346 e. The van der Waals surface area contributed by atoms with Crippen molar-refractivity contribution in [3.8, 4) is 0 Å². The van der Waals surface area contributed by atoms with Crippen molar-refractivity contribution in [2.75, 3.05) is 4.72 Å². The molecule has 2 N–H and O–H groups in total. The number of anilines is 1. The number of aromatic nitrogens is 3. The van der Waals surface area contributed by atoms with E-state index in [0.29, 0.717) is 22.2 Å². The summed E-state index contributed by atoms with van der Waals surface area (Å²) >= 11 is 12.0. The second kappa shape index (κ2) is 7.71. The number of hydrogen-bond donors (Lipinski definition) is 2. The molecule has 0 atom stereocenters. The Bertz CT molecular complexity index is 1450. The summed E-state index contributed by atoms with van der Waals surface area (Å²) in [5.41, 5.74) is 1.05. The lowest BCUT2D eigenvalue weighted by Crippen LogP contribution is -2.17. The van der Waals surface area contributed by atoms with Gasteiger partial charge in [-0.3, -0.25) is 9.52 Å². The monoisotopic (exact) mass is 461 g/mol. The highest BCUT2D eigenvalue weighted by molar-refractivity contribution is 7.92. The summed E-state index contributed by atoms with van der Waals surface area (Å²) in [6, 6.07) is 6.76. The van der Waals surface area contributed by atoms with Crippen molar-refractivity contribution in [3.05, 3.63) is 81.8 Å². The van der Waals surface area contributed by atoms with Gasteiger partial charge in [0.1, 0.15) is 11.3 Å². The van der Waals surface area contributed by atoms with Crippen molar-refractivity contribution in [2.45, 2.75) is 11.8 Å². The van der Waals surface area contributed by atoms with E-state index in [9.17, 15) is 13.2 Å². The summed E-state index contributed by atoms with van der Waals surface area (Å²) in [5.74, 6) is -0.514. The number of pyridine rings is 2. The molecule has 0 aliphatic heterocycles. The van der Waals surface area contributed by atoms with Gasteiger partial charge in [-0.25, -0.2) is 18.4 Å². The molecule has 152 valence electrons. The van der Waals surface area contributed by atoms with E-state index in [1.165, 1.54) is 36.7 Å². The van der Waals surface area contributed by atoms with E-state index in [-0.39, 0.29) is 32.4 Å². The summed E-state index contributed by atoms with van der Waals surface area (Å²) in [6.07, 6.45) is 4.37. The third-order valence-corrected chi connectivity index (χ3v) is 6.29. The molecule has 0 aliphatic carbocycles. The van der Waals surface area contributed by atoms with Crippen LogP contribution in [0.1, 0.15) is 23.0 Å². The molecule has 0 radical (unpaired) electrons. The molecule has 30 heavy (non-hydrogen) atoms. The maximum atomic E-state index is 13.2. The molecular formula is C20H14Cl2N4O3S. The lowest BCUT2D eigenvalue weighted by molar-refractivity contribution is 0.103. The number of aryl methyl sites for hydroxylation is 1. The van der Waals surface area contributed by atoms with Crippen molar-refractivity contribution in [2.24, 2.45) is 0 Å². The van der Waals surface area contributed by atoms with Crippen molar-refractivity contribution in [1.29, 1.82) is 0 Å². The van der Waals surface area contributed by atoms with Gasteiger partial charge in [0.25, 0.3) is 10.0 Å². The third kappa shape index (κ3) is 3.77. The number of ketones is 1. The molecule has 4 rings (SSSR count). The highest BCUT2D eigenvalue weighted by Gasteiger charge is 2.23. The molecule has 0 aliphatic rings. The molecule has 7 nitrogen and oxygen atoms in total. The number of fused-ring (bicyclic) bond motifs is 1. The highest BCUT2D eigenvalue weighted by atomic mass is 35.5. The predicted octanol–water partition coefficient (Wildman–Crippen LogP) is 4.60. The fourth-order valence-electron chi connectivity index (χ4n) is 2.89. The van der Waals surface area contributed by atoms with Gasteiger partial charge in [-0.05, 0) is 48.9 Å². The van der Waals surface area contributed by atoms with Crippen LogP contribution < -0.4 is 4.72 Å². The summed E-state index contributed by atoms with van der Waals surface area (Å²) < 4.78 is 36.4. The van der Waals surface area contributed by atoms with Gasteiger partial charge in [-0.2, -0.15) is 0 Å². The van der Waals surface area contributed by atoms with E-state index in [4.69, 9.17) is 24.6 Å². The van der Waals surface area contributed by atoms with Gasteiger partial charge >= 0.3 is 0 Å². The Morgan fingerprint density at radius 2 is 2.00 bits per heavy atom. The van der Waals surface area contributed by atoms with Gasteiger partial charge in [-0.15, -0.1) is 0 Å². The van der Waals surface area contributed by atoms with Gasteiger partial charge in [0.2, 0.25) is 5.78 Å². The van der Waals surface area contributed by atoms with Crippen molar-refractivity contribution in [3.63, 3.8) is 0 Å². The molecular weight excluding hydrogens is 447 g/mol. The number of carbonyl (C=O) groups is 1. The van der Waals surface area contributed by atoms with Crippen LogP contribution >= 0.6 is 23.2 Å². The molecule has 0 fully saturated rings. The molecule has 0 unspecified atom stereocenters. The minimum Gasteiger partial charge on any atom is -0.346 e. The average molecular weight is 462 g/mol. The first-order chi connectivity index (χ1) is 14.7. The number of aromatic amines is 1. The Balaban J connectivity index is 1.80. The molecule has 0 spiro atoms. The zero-order chi connectivity index (χ0) is 22.3. The number of rotatable bonds is 5.